The Morgan fingerprint density at radius 1 is 1.24 bits per heavy atom. The number of aliphatic carboxylic acids is 1. The lowest BCUT2D eigenvalue weighted by Gasteiger charge is -2.46. The van der Waals surface area contributed by atoms with Crippen LogP contribution in [0.15, 0.2) is 0 Å². The highest BCUT2D eigenvalue weighted by atomic mass is 16.4. The Morgan fingerprint density at radius 3 is 2.43 bits per heavy atom. The van der Waals surface area contributed by atoms with Crippen LogP contribution in [0.5, 0.6) is 0 Å². The highest BCUT2D eigenvalue weighted by molar-refractivity contribution is 5.70. The van der Waals surface area contributed by atoms with Crippen molar-refractivity contribution in [1.29, 1.82) is 0 Å². The van der Waals surface area contributed by atoms with Crippen LogP contribution in [0.3, 0.4) is 0 Å². The van der Waals surface area contributed by atoms with Crippen molar-refractivity contribution in [2.75, 3.05) is 20.6 Å². The summed E-state index contributed by atoms with van der Waals surface area (Å²) >= 11 is 0. The summed E-state index contributed by atoms with van der Waals surface area (Å²) < 4.78 is 0. The van der Waals surface area contributed by atoms with Gasteiger partial charge in [0.1, 0.15) is 0 Å². The van der Waals surface area contributed by atoms with Crippen LogP contribution < -0.4 is 5.32 Å². The van der Waals surface area contributed by atoms with E-state index in [9.17, 15) is 4.79 Å². The Balaban J connectivity index is 1.84. The number of carboxylic acid groups (broad SMARTS) is 1. The maximum Gasteiger partial charge on any atom is 0.306 e. The maximum absolute atomic E-state index is 11.0. The molecule has 2 unspecified atom stereocenters. The van der Waals surface area contributed by atoms with Crippen molar-refractivity contribution in [3.63, 3.8) is 0 Å². The molecule has 2 fully saturated rings. The second-order valence-corrected chi connectivity index (χ2v) is 7.59. The molecule has 0 aromatic carbocycles. The number of nitrogens with one attached hydrogen (secondary N) is 1. The van der Waals surface area contributed by atoms with Gasteiger partial charge in [0.25, 0.3) is 0 Å². The molecule has 2 saturated carbocycles. The van der Waals surface area contributed by atoms with E-state index in [1.54, 1.807) is 0 Å². The third kappa shape index (κ3) is 4.19. The Kier molecular flexibility index (Phi) is 5.67. The number of likely N-dealkylation sites (N-methyl/N-ethyl adjacent to an activating group) is 1. The normalized spacial score (nSPS) is 37.6. The molecule has 0 radical (unpaired) electrons. The summed E-state index contributed by atoms with van der Waals surface area (Å²) in [6.45, 7) is 3.42. The van der Waals surface area contributed by atoms with E-state index >= 15 is 0 Å². The van der Waals surface area contributed by atoms with E-state index in [1.165, 1.54) is 25.7 Å². The molecule has 21 heavy (non-hydrogen) atoms. The number of carboxylic acids is 1. The number of carbonyl (C=O) groups is 1. The van der Waals surface area contributed by atoms with Gasteiger partial charge >= 0.3 is 5.97 Å². The molecule has 2 rings (SSSR count). The van der Waals surface area contributed by atoms with Crippen molar-refractivity contribution >= 4 is 5.97 Å². The second kappa shape index (κ2) is 7.10. The van der Waals surface area contributed by atoms with Gasteiger partial charge in [0.2, 0.25) is 0 Å². The molecule has 0 saturated heterocycles. The van der Waals surface area contributed by atoms with Crippen LogP contribution in [-0.2, 0) is 4.79 Å². The monoisotopic (exact) mass is 296 g/mol. The topological polar surface area (TPSA) is 52.6 Å². The molecule has 2 aliphatic rings. The molecule has 0 heterocycles. The number of hydrogen-bond donors (Lipinski definition) is 2. The summed E-state index contributed by atoms with van der Waals surface area (Å²) in [4.78, 5) is 13.4. The summed E-state index contributed by atoms with van der Waals surface area (Å²) in [6, 6.07) is 0.509. The molecule has 2 N–H and O–H groups in total. The summed E-state index contributed by atoms with van der Waals surface area (Å²) in [6.07, 6.45) is 8.92. The van der Waals surface area contributed by atoms with E-state index < -0.39 is 5.97 Å². The summed E-state index contributed by atoms with van der Waals surface area (Å²) in [5.41, 5.74) is 0.293. The van der Waals surface area contributed by atoms with Gasteiger partial charge in [0, 0.05) is 18.1 Å². The van der Waals surface area contributed by atoms with Crippen LogP contribution in [0, 0.1) is 11.8 Å². The van der Waals surface area contributed by atoms with Crippen molar-refractivity contribution in [3.8, 4) is 0 Å². The van der Waals surface area contributed by atoms with Crippen molar-refractivity contribution in [3.05, 3.63) is 0 Å². The van der Waals surface area contributed by atoms with Gasteiger partial charge in [0.15, 0.2) is 0 Å². The lowest BCUT2D eigenvalue weighted by molar-refractivity contribution is -0.142. The smallest absolute Gasteiger partial charge is 0.306 e. The SMILES string of the molecule is CC1CCCC(CNC2CCC(C(=O)O)CC2)(N(C)C)C1. The first kappa shape index (κ1) is 16.8. The molecule has 0 spiro atoms. The fraction of sp³-hybridized carbons (Fsp3) is 0.941. The van der Waals surface area contributed by atoms with Crippen LogP contribution in [-0.4, -0.2) is 48.2 Å². The zero-order valence-electron chi connectivity index (χ0n) is 13.9. The lowest BCUT2D eigenvalue weighted by atomic mass is 9.75. The zero-order chi connectivity index (χ0) is 15.5. The standard InChI is InChI=1S/C17H32N2O2/c1-13-5-4-10-17(11-13,19(2)3)12-18-15-8-6-14(7-9-15)16(20)21/h13-15,18H,4-12H2,1-3H3,(H,20,21). The molecule has 4 heteroatoms. The summed E-state index contributed by atoms with van der Waals surface area (Å²) in [7, 11) is 4.42. The van der Waals surface area contributed by atoms with Crippen LogP contribution >= 0.6 is 0 Å². The van der Waals surface area contributed by atoms with Gasteiger partial charge in [-0.15, -0.1) is 0 Å². The lowest BCUT2D eigenvalue weighted by Crippen LogP contribution is -2.56. The first-order valence-corrected chi connectivity index (χ1v) is 8.56. The van der Waals surface area contributed by atoms with Gasteiger partial charge in [-0.05, 0) is 58.5 Å². The highest BCUT2D eigenvalue weighted by Crippen LogP contribution is 2.35. The van der Waals surface area contributed by atoms with Gasteiger partial charge in [-0.25, -0.2) is 0 Å². The minimum Gasteiger partial charge on any atom is -0.481 e. The van der Waals surface area contributed by atoms with Crippen LogP contribution in [0.2, 0.25) is 0 Å². The van der Waals surface area contributed by atoms with Crippen molar-refractivity contribution < 1.29 is 9.90 Å². The Morgan fingerprint density at radius 2 is 1.90 bits per heavy atom. The third-order valence-corrected chi connectivity index (χ3v) is 5.81. The first-order valence-electron chi connectivity index (χ1n) is 8.56. The molecule has 0 aromatic rings. The Labute approximate surface area is 129 Å². The molecule has 122 valence electrons. The van der Waals surface area contributed by atoms with Crippen molar-refractivity contribution in [2.24, 2.45) is 11.8 Å². The quantitative estimate of drug-likeness (QED) is 0.819. The molecule has 0 aliphatic heterocycles. The largest absolute Gasteiger partial charge is 0.481 e. The molecule has 0 bridgehead atoms. The molecule has 0 amide bonds. The van der Waals surface area contributed by atoms with E-state index in [2.05, 4.69) is 31.2 Å². The van der Waals surface area contributed by atoms with Gasteiger partial charge in [-0.1, -0.05) is 19.8 Å². The van der Waals surface area contributed by atoms with Crippen LogP contribution in [0.25, 0.3) is 0 Å². The van der Waals surface area contributed by atoms with E-state index in [1.807, 2.05) is 0 Å². The fourth-order valence-electron chi connectivity index (χ4n) is 4.24. The van der Waals surface area contributed by atoms with Crippen LogP contribution in [0.1, 0.15) is 58.3 Å². The summed E-state index contributed by atoms with van der Waals surface area (Å²) in [5.74, 6) is 0.0885. The minimum atomic E-state index is -0.612. The summed E-state index contributed by atoms with van der Waals surface area (Å²) in [5, 5.41) is 12.8. The second-order valence-electron chi connectivity index (χ2n) is 7.59. The molecule has 2 aliphatic carbocycles. The molecular formula is C17H32N2O2. The zero-order valence-corrected chi connectivity index (χ0v) is 13.9. The van der Waals surface area contributed by atoms with Gasteiger partial charge in [-0.3, -0.25) is 4.79 Å². The molecular weight excluding hydrogens is 264 g/mol. The molecule has 2 atom stereocenters. The van der Waals surface area contributed by atoms with Crippen LogP contribution in [0.4, 0.5) is 0 Å². The predicted octanol–water partition coefficient (Wildman–Crippen LogP) is 2.73. The van der Waals surface area contributed by atoms with E-state index in [0.29, 0.717) is 11.6 Å². The number of rotatable bonds is 5. The number of hydrogen-bond acceptors (Lipinski definition) is 3. The predicted molar refractivity (Wildman–Crippen MR) is 85.4 cm³/mol. The van der Waals surface area contributed by atoms with Gasteiger partial charge in [0.05, 0.1) is 5.92 Å². The Hall–Kier alpha value is -0.610. The van der Waals surface area contributed by atoms with Gasteiger partial charge in [-0.2, -0.15) is 0 Å². The number of nitrogens with zero attached hydrogens (tertiary/aromatic N) is 1. The van der Waals surface area contributed by atoms with Crippen molar-refractivity contribution in [1.82, 2.24) is 10.2 Å². The van der Waals surface area contributed by atoms with Gasteiger partial charge < -0.3 is 15.3 Å². The highest BCUT2D eigenvalue weighted by Gasteiger charge is 2.37. The Bertz CT molecular complexity index is 351. The van der Waals surface area contributed by atoms with Crippen molar-refractivity contribution in [2.45, 2.75) is 69.9 Å². The molecule has 0 aromatic heterocycles. The maximum atomic E-state index is 11.0. The van der Waals surface area contributed by atoms with E-state index in [0.717, 1.165) is 38.1 Å². The molecule has 4 nitrogen and oxygen atoms in total. The average molecular weight is 296 g/mol. The third-order valence-electron chi connectivity index (χ3n) is 5.81. The van der Waals surface area contributed by atoms with E-state index in [4.69, 9.17) is 5.11 Å². The first-order chi connectivity index (χ1) is 9.93. The fourth-order valence-corrected chi connectivity index (χ4v) is 4.24. The minimum absolute atomic E-state index is 0.111. The average Bonchev–Trinajstić information content (AvgIpc) is 2.45. The van der Waals surface area contributed by atoms with E-state index in [-0.39, 0.29) is 5.92 Å².